The van der Waals surface area contributed by atoms with Crippen molar-refractivity contribution in [1.29, 1.82) is 0 Å². The van der Waals surface area contributed by atoms with Crippen molar-refractivity contribution in [3.05, 3.63) is 54.4 Å². The summed E-state index contributed by atoms with van der Waals surface area (Å²) in [6.45, 7) is 5.19. The molecule has 0 aliphatic rings. The number of rotatable bonds is 8. The number of ether oxygens (including phenoxy) is 1. The molecule has 1 atom stereocenters. The van der Waals surface area contributed by atoms with Gasteiger partial charge in [0.25, 0.3) is 5.91 Å². The number of aromatic nitrogens is 3. The summed E-state index contributed by atoms with van der Waals surface area (Å²) in [7, 11) is 0. The zero-order valence-electron chi connectivity index (χ0n) is 13.2. The van der Waals surface area contributed by atoms with E-state index < -0.39 is 17.9 Å². The van der Waals surface area contributed by atoms with E-state index in [2.05, 4.69) is 22.2 Å². The second-order valence-electron chi connectivity index (χ2n) is 4.96. The monoisotopic (exact) mass is 330 g/mol. The van der Waals surface area contributed by atoms with E-state index in [0.717, 1.165) is 5.69 Å². The Kier molecular flexibility index (Phi) is 5.80. The van der Waals surface area contributed by atoms with E-state index in [1.807, 2.05) is 30.3 Å². The van der Waals surface area contributed by atoms with E-state index in [1.54, 1.807) is 6.92 Å². The highest BCUT2D eigenvalue weighted by atomic mass is 16.5. The van der Waals surface area contributed by atoms with Gasteiger partial charge in [0.2, 0.25) is 0 Å². The highest BCUT2D eigenvalue weighted by molar-refractivity contribution is 5.95. The van der Waals surface area contributed by atoms with Gasteiger partial charge in [0.05, 0.1) is 24.6 Å². The Balaban J connectivity index is 2.13. The molecule has 1 heterocycles. The van der Waals surface area contributed by atoms with Crippen LogP contribution in [0.15, 0.2) is 43.0 Å². The third-order valence-electron chi connectivity index (χ3n) is 3.23. The maximum atomic E-state index is 12.3. The quantitative estimate of drug-likeness (QED) is 0.551. The number of benzene rings is 1. The normalized spacial score (nSPS) is 11.7. The van der Waals surface area contributed by atoms with E-state index in [1.165, 1.54) is 10.8 Å². The average Bonchev–Trinajstić information content (AvgIpc) is 2.96. The number of carbonyl (C=O) groups excluding carboxylic acids is 1. The summed E-state index contributed by atoms with van der Waals surface area (Å²) in [5.41, 5.74) is 1.33. The maximum Gasteiger partial charge on any atom is 0.328 e. The van der Waals surface area contributed by atoms with Crippen LogP contribution in [0.3, 0.4) is 0 Å². The molecule has 0 aliphatic heterocycles. The molecule has 1 aromatic heterocycles. The number of carboxylic acid groups (broad SMARTS) is 1. The molecule has 126 valence electrons. The number of amides is 1. The number of carbonyl (C=O) groups is 2. The number of hydrogen-bond donors (Lipinski definition) is 2. The summed E-state index contributed by atoms with van der Waals surface area (Å²) in [5, 5.41) is 19.3. The van der Waals surface area contributed by atoms with Crippen LogP contribution >= 0.6 is 0 Å². The molecule has 2 aromatic rings. The smallest absolute Gasteiger partial charge is 0.328 e. The molecule has 2 N–H and O–H groups in total. The number of nitrogens with one attached hydrogen (secondary N) is 1. The third kappa shape index (κ3) is 4.05. The standard InChI is InChI=1S/C16H18N4O4/c1-3-9-24-10-13(16(22)23)17-15(21)14-11(2)20(19-18-14)12-7-5-4-6-8-12/h3-8,13H,1,9-10H2,2H3,(H,17,21)(H,22,23). The second-order valence-corrected chi connectivity index (χ2v) is 4.96. The summed E-state index contributed by atoms with van der Waals surface area (Å²) in [6, 6.07) is 8.02. The largest absolute Gasteiger partial charge is 0.480 e. The Morgan fingerprint density at radius 1 is 1.42 bits per heavy atom. The van der Waals surface area contributed by atoms with Gasteiger partial charge in [0.1, 0.15) is 0 Å². The first-order valence-corrected chi connectivity index (χ1v) is 7.24. The van der Waals surface area contributed by atoms with Gasteiger partial charge in [-0.25, -0.2) is 9.48 Å². The number of carboxylic acids is 1. The lowest BCUT2D eigenvalue weighted by Gasteiger charge is -2.13. The van der Waals surface area contributed by atoms with Gasteiger partial charge in [-0.1, -0.05) is 29.5 Å². The molecule has 24 heavy (non-hydrogen) atoms. The molecule has 8 heteroatoms. The van der Waals surface area contributed by atoms with Crippen LogP contribution in [0.25, 0.3) is 5.69 Å². The first-order valence-electron chi connectivity index (χ1n) is 7.24. The summed E-state index contributed by atoms with van der Waals surface area (Å²) in [6.07, 6.45) is 1.50. The van der Waals surface area contributed by atoms with Crippen molar-refractivity contribution >= 4 is 11.9 Å². The van der Waals surface area contributed by atoms with Crippen LogP contribution in [0.1, 0.15) is 16.2 Å². The fourth-order valence-electron chi connectivity index (χ4n) is 2.02. The average molecular weight is 330 g/mol. The Morgan fingerprint density at radius 3 is 2.75 bits per heavy atom. The molecule has 2 rings (SSSR count). The van der Waals surface area contributed by atoms with E-state index in [9.17, 15) is 9.59 Å². The van der Waals surface area contributed by atoms with Crippen molar-refractivity contribution in [2.24, 2.45) is 0 Å². The molecule has 0 bridgehead atoms. The van der Waals surface area contributed by atoms with Crippen LogP contribution < -0.4 is 5.32 Å². The molecule has 0 fully saturated rings. The topological polar surface area (TPSA) is 106 Å². The van der Waals surface area contributed by atoms with Gasteiger partial charge < -0.3 is 15.2 Å². The summed E-state index contributed by atoms with van der Waals surface area (Å²) < 4.78 is 6.61. The lowest BCUT2D eigenvalue weighted by atomic mass is 10.2. The molecule has 0 aliphatic carbocycles. The highest BCUT2D eigenvalue weighted by Crippen LogP contribution is 2.11. The van der Waals surface area contributed by atoms with Gasteiger partial charge in [-0.2, -0.15) is 0 Å². The molecule has 0 saturated carbocycles. The maximum absolute atomic E-state index is 12.3. The Labute approximate surface area is 138 Å². The van der Waals surface area contributed by atoms with Crippen molar-refractivity contribution in [2.75, 3.05) is 13.2 Å². The minimum atomic E-state index is -1.19. The van der Waals surface area contributed by atoms with Gasteiger partial charge in [-0.05, 0) is 19.1 Å². The summed E-state index contributed by atoms with van der Waals surface area (Å²) in [4.78, 5) is 23.5. The van der Waals surface area contributed by atoms with E-state index >= 15 is 0 Å². The Hall–Kier alpha value is -3.00. The number of para-hydroxylation sites is 1. The predicted octanol–water partition coefficient (Wildman–Crippen LogP) is 0.961. The van der Waals surface area contributed by atoms with Crippen LogP contribution in [0.2, 0.25) is 0 Å². The second kappa shape index (κ2) is 8.02. The molecule has 8 nitrogen and oxygen atoms in total. The molecule has 0 spiro atoms. The lowest BCUT2D eigenvalue weighted by molar-refractivity contribution is -0.140. The van der Waals surface area contributed by atoms with Gasteiger partial charge in [-0.15, -0.1) is 11.7 Å². The lowest BCUT2D eigenvalue weighted by Crippen LogP contribution is -2.44. The molecule has 0 saturated heterocycles. The fraction of sp³-hybridized carbons (Fsp3) is 0.250. The van der Waals surface area contributed by atoms with Crippen LogP contribution in [-0.4, -0.2) is 51.2 Å². The van der Waals surface area contributed by atoms with Crippen molar-refractivity contribution in [3.8, 4) is 5.69 Å². The van der Waals surface area contributed by atoms with Crippen LogP contribution in [-0.2, 0) is 9.53 Å². The minimum Gasteiger partial charge on any atom is -0.480 e. The number of aliphatic carboxylic acids is 1. The molecule has 1 unspecified atom stereocenters. The third-order valence-corrected chi connectivity index (χ3v) is 3.23. The van der Waals surface area contributed by atoms with Crippen LogP contribution in [0.5, 0.6) is 0 Å². The summed E-state index contributed by atoms with van der Waals surface area (Å²) in [5.74, 6) is -1.81. The first-order chi connectivity index (χ1) is 11.5. The van der Waals surface area contributed by atoms with E-state index in [4.69, 9.17) is 9.84 Å². The Morgan fingerprint density at radius 2 is 2.12 bits per heavy atom. The van der Waals surface area contributed by atoms with Gasteiger partial charge in [0.15, 0.2) is 11.7 Å². The molecular weight excluding hydrogens is 312 g/mol. The van der Waals surface area contributed by atoms with Crippen molar-refractivity contribution in [1.82, 2.24) is 20.3 Å². The Bertz CT molecular complexity index is 727. The van der Waals surface area contributed by atoms with Gasteiger partial charge in [-0.3, -0.25) is 4.79 Å². The first kappa shape index (κ1) is 17.4. The molecular formula is C16H18N4O4. The number of nitrogens with zero attached hydrogens (tertiary/aromatic N) is 3. The van der Waals surface area contributed by atoms with Gasteiger partial charge >= 0.3 is 5.97 Å². The van der Waals surface area contributed by atoms with Crippen LogP contribution in [0.4, 0.5) is 0 Å². The summed E-state index contributed by atoms with van der Waals surface area (Å²) >= 11 is 0. The predicted molar refractivity (Wildman–Crippen MR) is 86.0 cm³/mol. The zero-order chi connectivity index (χ0) is 17.5. The molecule has 0 radical (unpaired) electrons. The molecule has 1 aromatic carbocycles. The van der Waals surface area contributed by atoms with Gasteiger partial charge in [0, 0.05) is 0 Å². The van der Waals surface area contributed by atoms with Crippen molar-refractivity contribution < 1.29 is 19.4 Å². The van der Waals surface area contributed by atoms with Crippen molar-refractivity contribution in [2.45, 2.75) is 13.0 Å². The molecule has 1 amide bonds. The van der Waals surface area contributed by atoms with Crippen LogP contribution in [0, 0.1) is 6.92 Å². The fourth-order valence-corrected chi connectivity index (χ4v) is 2.02. The SMILES string of the molecule is C=CCOCC(NC(=O)c1nnn(-c2ccccc2)c1C)C(=O)O. The zero-order valence-corrected chi connectivity index (χ0v) is 13.2. The van der Waals surface area contributed by atoms with Crippen molar-refractivity contribution in [3.63, 3.8) is 0 Å². The van der Waals surface area contributed by atoms with E-state index in [0.29, 0.717) is 5.69 Å². The number of hydrogen-bond acceptors (Lipinski definition) is 5. The highest BCUT2D eigenvalue weighted by Gasteiger charge is 2.24. The minimum absolute atomic E-state index is 0.0637. The van der Waals surface area contributed by atoms with E-state index in [-0.39, 0.29) is 18.9 Å².